The molecule has 1 heteroatoms. The Bertz CT molecular complexity index is 41.2. The smallest absolute Gasteiger partial charge is 0.254 e. The van der Waals surface area contributed by atoms with Crippen LogP contribution in [0.5, 0.6) is 0 Å². The zero-order valence-electron chi connectivity index (χ0n) is 2.45. The highest BCUT2D eigenvalue weighted by Crippen LogP contribution is 1.35. The minimum atomic E-state index is 1.57. The molecule has 0 N–H and O–H groups in total. The van der Waals surface area contributed by atoms with Crippen molar-refractivity contribution in [2.24, 2.45) is 0 Å². The largest absolute Gasteiger partial charge is 0.712 e. The molecule has 0 atom stereocenters. The summed E-state index contributed by atoms with van der Waals surface area (Å²) in [6.07, 6.45) is 2.24. The quantitative estimate of drug-likeness (QED) is 0.285. The third-order valence-corrected chi connectivity index (χ3v) is 0.112. The van der Waals surface area contributed by atoms with E-state index in [0.717, 1.165) is 0 Å². The van der Waals surface area contributed by atoms with Crippen LogP contribution >= 0.6 is 0 Å². The summed E-state index contributed by atoms with van der Waals surface area (Å²) in [7, 11) is 0. The topological polar surface area (TPSA) is 22.3 Å². The minimum absolute atomic E-state index is 1.57. The van der Waals surface area contributed by atoms with Gasteiger partial charge in [0.05, 0.1) is 0 Å². The maximum Gasteiger partial charge on any atom is 0.254 e. The van der Waals surface area contributed by atoms with Crippen molar-refractivity contribution in [3.05, 3.63) is 11.5 Å². The Morgan fingerprint density at radius 2 is 2.25 bits per heavy atom. The fourth-order valence-corrected chi connectivity index (χ4v) is 0. The molecule has 0 radical (unpaired) electrons. The second-order valence-electron chi connectivity index (χ2n) is 0.362. The van der Waals surface area contributed by atoms with E-state index in [0.29, 0.717) is 0 Å². The van der Waals surface area contributed by atoms with Crippen molar-refractivity contribution in [3.8, 4) is 0 Å². The second kappa shape index (κ2) is 2.36. The molecule has 0 aromatic carbocycles. The number of hydrogen-bond acceptors (Lipinski definition) is 0. The van der Waals surface area contributed by atoms with Crippen LogP contribution in [-0.2, 0) is 0 Å². The first-order valence-corrected chi connectivity index (χ1v) is 0.974. The molecular formula is C3H3N. The van der Waals surface area contributed by atoms with E-state index in [-0.39, 0.29) is 0 Å². The molecule has 0 saturated heterocycles. The molecule has 0 fully saturated rings. The third-order valence-electron chi connectivity index (χ3n) is 0.112. The lowest BCUT2D eigenvalue weighted by Gasteiger charge is -1.33. The fourth-order valence-electron chi connectivity index (χ4n) is 0. The van der Waals surface area contributed by atoms with Gasteiger partial charge in [-0.1, -0.05) is 0 Å². The van der Waals surface area contributed by atoms with Gasteiger partial charge in [0.1, 0.15) is 0 Å². The molecule has 0 aliphatic carbocycles. The zero-order chi connectivity index (χ0) is 3.41. The van der Waals surface area contributed by atoms with Gasteiger partial charge in [0.2, 0.25) is 0 Å². The van der Waals surface area contributed by atoms with Gasteiger partial charge >= 0.3 is 0 Å². The van der Waals surface area contributed by atoms with Crippen molar-refractivity contribution >= 4 is 5.87 Å². The molecule has 4 heavy (non-hydrogen) atoms. The Labute approximate surface area is 25.5 Å². The van der Waals surface area contributed by atoms with E-state index in [1.807, 2.05) is 0 Å². The van der Waals surface area contributed by atoms with E-state index < -0.39 is 0 Å². The van der Waals surface area contributed by atoms with Crippen LogP contribution in [0, 0.1) is 6.08 Å². The van der Waals surface area contributed by atoms with Gasteiger partial charge in [-0.3, -0.25) is 0 Å². The predicted octanol–water partition coefficient (Wildman–Crippen LogP) is 0.605. The molecule has 0 amide bonds. The summed E-state index contributed by atoms with van der Waals surface area (Å²) in [6, 6.07) is 0. The third kappa shape index (κ3) is 1.36. The van der Waals surface area contributed by atoms with Gasteiger partial charge in [0.15, 0.2) is 6.92 Å². The van der Waals surface area contributed by atoms with Gasteiger partial charge in [-0.15, -0.1) is 0 Å². The molecule has 20 valence electrons. The fraction of sp³-hybridized carbons (Fsp3) is 0.333. The maximum atomic E-state index is 7.51. The molecule has 1 nitrogen and oxygen atoms in total. The SMILES string of the molecule is C[C+]=C=[N-]. The maximum absolute atomic E-state index is 7.51. The first-order chi connectivity index (χ1) is 1.91. The molecule has 0 heterocycles. The summed E-state index contributed by atoms with van der Waals surface area (Å²) in [4.78, 5) is 0. The van der Waals surface area contributed by atoms with Crippen molar-refractivity contribution in [3.63, 3.8) is 0 Å². The van der Waals surface area contributed by atoms with Crippen LogP contribution in [0.3, 0.4) is 0 Å². The molecule has 0 spiro atoms. The highest BCUT2D eigenvalue weighted by atomic mass is 14.3. The van der Waals surface area contributed by atoms with Crippen molar-refractivity contribution in [2.45, 2.75) is 6.92 Å². The first kappa shape index (κ1) is 3.36. The van der Waals surface area contributed by atoms with E-state index in [2.05, 4.69) is 6.08 Å². The molecule has 0 bridgehead atoms. The van der Waals surface area contributed by atoms with Crippen LogP contribution in [0.15, 0.2) is 0 Å². The molecular weight excluding hydrogens is 50.0 g/mol. The average molecular weight is 53.1 g/mol. The van der Waals surface area contributed by atoms with Crippen molar-refractivity contribution in [1.29, 1.82) is 0 Å². The summed E-state index contributed by atoms with van der Waals surface area (Å²) in [5.41, 5.74) is 0. The van der Waals surface area contributed by atoms with Crippen LogP contribution in [-0.4, -0.2) is 5.87 Å². The van der Waals surface area contributed by atoms with Gasteiger partial charge < -0.3 is 5.41 Å². The lowest BCUT2D eigenvalue weighted by atomic mass is 10.8. The Morgan fingerprint density at radius 1 is 2.00 bits per heavy atom. The highest BCUT2D eigenvalue weighted by molar-refractivity contribution is 5.50. The Morgan fingerprint density at radius 3 is 2.25 bits per heavy atom. The standard InChI is InChI=1S/C3H3N/c1-2-3-4/h1H3. The van der Waals surface area contributed by atoms with Gasteiger partial charge in [-0.05, 0) is 0 Å². The summed E-state index contributed by atoms with van der Waals surface area (Å²) in [6.45, 7) is 1.57. The van der Waals surface area contributed by atoms with E-state index in [9.17, 15) is 0 Å². The number of hydrogen-bond donors (Lipinski definition) is 0. The van der Waals surface area contributed by atoms with Crippen molar-refractivity contribution in [2.75, 3.05) is 0 Å². The summed E-state index contributed by atoms with van der Waals surface area (Å²) in [5.74, 6) is 1.68. The molecule has 0 aromatic heterocycles. The Kier molecular flexibility index (Phi) is 1.98. The number of nitrogens with zero attached hydrogens (tertiary/aromatic N) is 1. The normalized spacial score (nSPS) is 3.25. The van der Waals surface area contributed by atoms with Crippen molar-refractivity contribution < 1.29 is 0 Å². The molecule has 0 saturated carbocycles. The molecule has 0 aliphatic rings. The monoisotopic (exact) mass is 53.0 g/mol. The van der Waals surface area contributed by atoms with Crippen LogP contribution in [0.25, 0.3) is 5.41 Å². The average Bonchev–Trinajstić information content (AvgIpc) is 1.37. The lowest BCUT2D eigenvalue weighted by Crippen LogP contribution is -1.31. The second-order valence-corrected chi connectivity index (χ2v) is 0.362. The van der Waals surface area contributed by atoms with E-state index in [1.165, 1.54) is 0 Å². The summed E-state index contributed by atoms with van der Waals surface area (Å²) >= 11 is 0. The van der Waals surface area contributed by atoms with Gasteiger partial charge in [-0.2, -0.15) is 0 Å². The van der Waals surface area contributed by atoms with E-state index >= 15 is 0 Å². The van der Waals surface area contributed by atoms with E-state index in [4.69, 9.17) is 5.41 Å². The lowest BCUT2D eigenvalue weighted by molar-refractivity contribution is 1.75. The molecule has 0 rings (SSSR count). The molecule has 0 aromatic rings. The van der Waals surface area contributed by atoms with Crippen LogP contribution in [0.4, 0.5) is 0 Å². The zero-order valence-corrected chi connectivity index (χ0v) is 2.45. The molecule has 0 aliphatic heterocycles. The number of allylic oxidation sites excluding steroid dienone is 1. The van der Waals surface area contributed by atoms with Crippen LogP contribution in [0.2, 0.25) is 0 Å². The van der Waals surface area contributed by atoms with Crippen molar-refractivity contribution in [1.82, 2.24) is 0 Å². The van der Waals surface area contributed by atoms with Gasteiger partial charge in [0, 0.05) is 5.87 Å². The minimum Gasteiger partial charge on any atom is -0.712 e. The predicted molar refractivity (Wildman–Crippen MR) is 17.3 cm³/mol. The first-order valence-electron chi connectivity index (χ1n) is 0.974. The van der Waals surface area contributed by atoms with Gasteiger partial charge in [-0.25, -0.2) is 0 Å². The summed E-state index contributed by atoms with van der Waals surface area (Å²) in [5, 5.41) is 7.51. The molecule has 0 unspecified atom stereocenters. The Balaban J connectivity index is 3.11. The highest BCUT2D eigenvalue weighted by Gasteiger charge is 1.45. The number of rotatable bonds is 0. The van der Waals surface area contributed by atoms with Crippen LogP contribution in [0.1, 0.15) is 6.92 Å². The Hall–Kier alpha value is -0.640. The van der Waals surface area contributed by atoms with Crippen LogP contribution < -0.4 is 0 Å². The van der Waals surface area contributed by atoms with E-state index in [1.54, 1.807) is 12.8 Å². The summed E-state index contributed by atoms with van der Waals surface area (Å²) < 4.78 is 0. The van der Waals surface area contributed by atoms with Gasteiger partial charge in [0.25, 0.3) is 6.08 Å².